The number of thiocarbonyl (C=S) groups is 1. The Morgan fingerprint density at radius 1 is 1.47 bits per heavy atom. The number of anilines is 1. The summed E-state index contributed by atoms with van der Waals surface area (Å²) in [7, 11) is 0. The fourth-order valence-electron chi connectivity index (χ4n) is 1.13. The Kier molecular flexibility index (Phi) is 5.00. The molecule has 1 aromatic carbocycles. The summed E-state index contributed by atoms with van der Waals surface area (Å²) in [6.07, 6.45) is 0. The Morgan fingerprint density at radius 3 is 2.80 bits per heavy atom. The summed E-state index contributed by atoms with van der Waals surface area (Å²) in [6.45, 7) is 3.76. The van der Waals surface area contributed by atoms with Gasteiger partial charge < -0.3 is 5.32 Å². The maximum Gasteiger partial charge on any atom is 0.0765 e. The highest BCUT2D eigenvalue weighted by Crippen LogP contribution is 2.24. The van der Waals surface area contributed by atoms with Crippen LogP contribution in [0.25, 0.3) is 0 Å². The van der Waals surface area contributed by atoms with Gasteiger partial charge in [-0.3, -0.25) is 0 Å². The molecule has 0 spiro atoms. The molecule has 1 aromatic rings. The van der Waals surface area contributed by atoms with Crippen LogP contribution in [0.5, 0.6) is 0 Å². The lowest BCUT2D eigenvalue weighted by atomic mass is 10.2. The largest absolute Gasteiger partial charge is 0.350 e. The van der Waals surface area contributed by atoms with Gasteiger partial charge in [0.2, 0.25) is 0 Å². The summed E-state index contributed by atoms with van der Waals surface area (Å²) < 4.78 is 4.35. The number of benzene rings is 1. The molecule has 0 aliphatic rings. The van der Waals surface area contributed by atoms with Gasteiger partial charge in [-0.05, 0) is 37.6 Å². The zero-order valence-corrected chi connectivity index (χ0v) is 9.95. The van der Waals surface area contributed by atoms with Crippen molar-refractivity contribution in [3.63, 3.8) is 0 Å². The number of rotatable bonds is 4. The van der Waals surface area contributed by atoms with Gasteiger partial charge in [-0.25, -0.2) is 5.26 Å². The molecule has 0 bridgehead atoms. The van der Waals surface area contributed by atoms with E-state index in [9.17, 15) is 0 Å². The Morgan fingerprint density at radius 2 is 2.20 bits per heavy atom. The topological polar surface area (TPSA) is 50.7 Å². The molecular formula is C9H11NO3S2. The highest BCUT2D eigenvalue weighted by molar-refractivity contribution is 7.94. The van der Waals surface area contributed by atoms with Crippen molar-refractivity contribution in [1.82, 2.24) is 0 Å². The summed E-state index contributed by atoms with van der Waals surface area (Å²) in [5, 5.41) is 14.6. The van der Waals surface area contributed by atoms with E-state index in [0.29, 0.717) is 4.99 Å². The summed E-state index contributed by atoms with van der Waals surface area (Å²) in [5.41, 5.74) is 1.94. The Hall–Kier alpha value is -0.660. The standard InChI is InChI=1S/C9H11NO3S2/c1-6-3-8(10-7(2)14)5-9(4-6)15-13-12-11/h3-5,11H,1-2H3,(H,10,14). The van der Waals surface area contributed by atoms with E-state index in [2.05, 4.69) is 14.7 Å². The highest BCUT2D eigenvalue weighted by atomic mass is 32.2. The quantitative estimate of drug-likeness (QED) is 0.368. The lowest BCUT2D eigenvalue weighted by Crippen LogP contribution is -2.03. The molecule has 0 saturated carbocycles. The lowest BCUT2D eigenvalue weighted by molar-refractivity contribution is -0.432. The molecular weight excluding hydrogens is 234 g/mol. The van der Waals surface area contributed by atoms with Gasteiger partial charge in [-0.2, -0.15) is 0 Å². The molecule has 0 fully saturated rings. The van der Waals surface area contributed by atoms with Crippen LogP contribution in [0.4, 0.5) is 5.69 Å². The van der Waals surface area contributed by atoms with Crippen LogP contribution in [0.3, 0.4) is 0 Å². The third-order valence-corrected chi connectivity index (χ3v) is 2.19. The minimum Gasteiger partial charge on any atom is -0.350 e. The van der Waals surface area contributed by atoms with Crippen molar-refractivity contribution in [2.45, 2.75) is 18.7 Å². The number of nitrogens with one attached hydrogen (secondary N) is 1. The van der Waals surface area contributed by atoms with Crippen molar-refractivity contribution in [1.29, 1.82) is 0 Å². The molecule has 1 rings (SSSR count). The van der Waals surface area contributed by atoms with E-state index in [4.69, 9.17) is 17.5 Å². The zero-order valence-electron chi connectivity index (χ0n) is 8.31. The Balaban J connectivity index is 2.79. The van der Waals surface area contributed by atoms with Crippen molar-refractivity contribution >= 4 is 34.9 Å². The minimum atomic E-state index is 0.691. The normalized spacial score (nSPS) is 10.1. The van der Waals surface area contributed by atoms with Crippen LogP contribution in [-0.2, 0) is 9.37 Å². The van der Waals surface area contributed by atoms with Gasteiger partial charge in [0.15, 0.2) is 0 Å². The second kappa shape index (κ2) is 6.04. The van der Waals surface area contributed by atoms with Crippen LogP contribution in [0.15, 0.2) is 23.1 Å². The van der Waals surface area contributed by atoms with Gasteiger partial charge >= 0.3 is 0 Å². The Bertz CT molecular complexity index is 357. The van der Waals surface area contributed by atoms with Gasteiger partial charge in [0, 0.05) is 10.6 Å². The van der Waals surface area contributed by atoms with E-state index < -0.39 is 0 Å². The molecule has 0 aromatic heterocycles. The third-order valence-electron chi connectivity index (χ3n) is 1.53. The highest BCUT2D eigenvalue weighted by Gasteiger charge is 2.01. The molecule has 0 radical (unpaired) electrons. The SMILES string of the molecule is CC(=S)Nc1cc(C)cc(SOOO)c1. The molecule has 0 aliphatic carbocycles. The van der Waals surface area contributed by atoms with Gasteiger partial charge in [0.25, 0.3) is 0 Å². The molecule has 82 valence electrons. The van der Waals surface area contributed by atoms with Crippen molar-refractivity contribution in [2.24, 2.45) is 0 Å². The average Bonchev–Trinajstić information content (AvgIpc) is 2.12. The molecule has 0 amide bonds. The number of hydrogen-bond donors (Lipinski definition) is 2. The molecule has 0 atom stereocenters. The molecule has 0 heterocycles. The first-order valence-corrected chi connectivity index (χ1v) is 5.31. The maximum atomic E-state index is 8.03. The smallest absolute Gasteiger partial charge is 0.0765 e. The second-order valence-electron chi connectivity index (χ2n) is 2.94. The van der Waals surface area contributed by atoms with Crippen LogP contribution in [0.2, 0.25) is 0 Å². The summed E-state index contributed by atoms with van der Waals surface area (Å²) in [6, 6.07) is 5.69. The molecule has 0 saturated heterocycles. The fraction of sp³-hybridized carbons (Fsp3) is 0.222. The van der Waals surface area contributed by atoms with E-state index >= 15 is 0 Å². The van der Waals surface area contributed by atoms with Gasteiger partial charge in [-0.15, -0.1) is 4.33 Å². The van der Waals surface area contributed by atoms with E-state index in [1.54, 1.807) is 6.92 Å². The van der Waals surface area contributed by atoms with Gasteiger partial charge in [-0.1, -0.05) is 17.3 Å². The molecule has 2 N–H and O–H groups in total. The predicted molar refractivity (Wildman–Crippen MR) is 63.7 cm³/mol. The van der Waals surface area contributed by atoms with Gasteiger partial charge in [0.05, 0.1) is 17.0 Å². The molecule has 6 heteroatoms. The number of aryl methyl sites for hydroxylation is 1. The van der Waals surface area contributed by atoms with Crippen LogP contribution in [0.1, 0.15) is 12.5 Å². The second-order valence-corrected chi connectivity index (χ2v) is 4.33. The first kappa shape index (κ1) is 12.4. The number of hydrogen-bond acceptors (Lipinski definition) is 5. The van der Waals surface area contributed by atoms with E-state index in [1.165, 1.54) is 0 Å². The summed E-state index contributed by atoms with van der Waals surface area (Å²) >= 11 is 5.86. The van der Waals surface area contributed by atoms with E-state index in [1.807, 2.05) is 25.1 Å². The monoisotopic (exact) mass is 245 g/mol. The van der Waals surface area contributed by atoms with Crippen molar-refractivity contribution in [2.75, 3.05) is 5.32 Å². The van der Waals surface area contributed by atoms with Crippen LogP contribution >= 0.6 is 24.3 Å². The maximum absolute atomic E-state index is 8.03. The molecule has 0 aliphatic heterocycles. The zero-order chi connectivity index (χ0) is 11.3. The lowest BCUT2D eigenvalue weighted by Gasteiger charge is -2.07. The van der Waals surface area contributed by atoms with Crippen molar-refractivity contribution in [3.05, 3.63) is 23.8 Å². The first-order chi connectivity index (χ1) is 7.11. The summed E-state index contributed by atoms with van der Waals surface area (Å²) in [5.74, 6) is 0. The molecule has 0 unspecified atom stereocenters. The first-order valence-electron chi connectivity index (χ1n) is 4.16. The van der Waals surface area contributed by atoms with Crippen LogP contribution in [0, 0.1) is 6.92 Å². The van der Waals surface area contributed by atoms with E-state index in [-0.39, 0.29) is 0 Å². The molecule has 4 nitrogen and oxygen atoms in total. The molecule has 15 heavy (non-hydrogen) atoms. The van der Waals surface area contributed by atoms with E-state index in [0.717, 1.165) is 28.2 Å². The summed E-state index contributed by atoms with van der Waals surface area (Å²) in [4.78, 5) is 1.50. The predicted octanol–water partition coefficient (Wildman–Crippen LogP) is 3.18. The van der Waals surface area contributed by atoms with Crippen LogP contribution < -0.4 is 5.32 Å². The average molecular weight is 245 g/mol. The van der Waals surface area contributed by atoms with Crippen molar-refractivity contribution in [3.8, 4) is 0 Å². The van der Waals surface area contributed by atoms with Gasteiger partial charge in [0.1, 0.15) is 0 Å². The fourth-order valence-corrected chi connectivity index (χ4v) is 1.76. The van der Waals surface area contributed by atoms with Crippen LogP contribution in [-0.4, -0.2) is 10.2 Å². The minimum absolute atomic E-state index is 0.691. The Labute approximate surface area is 97.6 Å². The van der Waals surface area contributed by atoms with Crippen molar-refractivity contribution < 1.29 is 14.6 Å². The third kappa shape index (κ3) is 4.59.